The maximum Gasteiger partial charge on any atom is 0.0787 e. The minimum Gasteiger partial charge on any atom is -0.248 e. The van der Waals surface area contributed by atoms with E-state index in [4.69, 9.17) is 4.99 Å². The van der Waals surface area contributed by atoms with Crippen LogP contribution < -0.4 is 0 Å². The lowest BCUT2D eigenvalue weighted by Crippen LogP contribution is -2.26. The van der Waals surface area contributed by atoms with Gasteiger partial charge in [-0.2, -0.15) is 0 Å². The Morgan fingerprint density at radius 2 is 0.820 bits per heavy atom. The van der Waals surface area contributed by atoms with Crippen molar-refractivity contribution in [1.82, 2.24) is 0 Å². The van der Waals surface area contributed by atoms with Gasteiger partial charge in [-0.15, -0.1) is 0 Å². The number of allylic oxidation sites excluding steroid dienone is 2. The Bertz CT molecular complexity index is 2420. The van der Waals surface area contributed by atoms with Gasteiger partial charge in [-0.25, -0.2) is 4.99 Å². The second kappa shape index (κ2) is 12.0. The van der Waals surface area contributed by atoms with Gasteiger partial charge in [0.05, 0.1) is 16.8 Å². The Balaban J connectivity index is 1.22. The first-order valence-electron chi connectivity index (χ1n) is 17.2. The first-order chi connectivity index (χ1) is 24.6. The van der Waals surface area contributed by atoms with Gasteiger partial charge in [-0.05, 0) is 73.7 Å². The molecule has 50 heavy (non-hydrogen) atoms. The Kier molecular flexibility index (Phi) is 7.14. The van der Waals surface area contributed by atoms with Crippen molar-refractivity contribution >= 4 is 17.0 Å². The second-order valence-electron chi connectivity index (χ2n) is 13.2. The molecular weight excluding hydrogens is 603 g/mol. The Hall–Kier alpha value is -6.31. The fraction of sp³-hybridized carbons (Fsp3) is 0.0408. The topological polar surface area (TPSA) is 12.4 Å². The molecule has 0 atom stereocenters. The molecule has 0 heterocycles. The highest BCUT2D eigenvalue weighted by Crippen LogP contribution is 2.62. The first-order valence-corrected chi connectivity index (χ1v) is 17.2. The molecule has 2 aliphatic carbocycles. The van der Waals surface area contributed by atoms with Crippen LogP contribution in [0.15, 0.2) is 199 Å². The van der Waals surface area contributed by atoms with Crippen LogP contribution in [0, 0.1) is 0 Å². The van der Waals surface area contributed by atoms with E-state index in [1.807, 2.05) is 18.2 Å². The third kappa shape index (κ3) is 4.59. The molecule has 0 radical (unpaired) electrons. The molecule has 0 unspecified atom stereocenters. The van der Waals surface area contributed by atoms with Gasteiger partial charge in [0.15, 0.2) is 0 Å². The summed E-state index contributed by atoms with van der Waals surface area (Å²) in [5, 5.41) is 0. The molecule has 0 fully saturated rings. The van der Waals surface area contributed by atoms with Gasteiger partial charge in [-0.1, -0.05) is 189 Å². The summed E-state index contributed by atoms with van der Waals surface area (Å²) in [7, 11) is 0. The van der Waals surface area contributed by atoms with Crippen molar-refractivity contribution in [2.24, 2.45) is 4.99 Å². The van der Waals surface area contributed by atoms with Crippen LogP contribution in [-0.2, 0) is 5.41 Å². The zero-order valence-corrected chi connectivity index (χ0v) is 28.0. The molecule has 0 amide bonds. The maximum absolute atomic E-state index is 5.43. The number of nitrogens with zero attached hydrogens (tertiary/aromatic N) is 1. The molecule has 0 saturated carbocycles. The van der Waals surface area contributed by atoms with Crippen molar-refractivity contribution < 1.29 is 0 Å². The maximum atomic E-state index is 5.43. The third-order valence-corrected chi connectivity index (χ3v) is 10.6. The van der Waals surface area contributed by atoms with Crippen LogP contribution in [0.5, 0.6) is 0 Å². The molecule has 7 aromatic carbocycles. The van der Waals surface area contributed by atoms with Gasteiger partial charge < -0.3 is 0 Å². The largest absolute Gasteiger partial charge is 0.248 e. The van der Waals surface area contributed by atoms with Crippen LogP contribution in [0.1, 0.15) is 40.3 Å². The van der Waals surface area contributed by atoms with Gasteiger partial charge in [0.2, 0.25) is 0 Å². The van der Waals surface area contributed by atoms with E-state index < -0.39 is 5.41 Å². The highest BCUT2D eigenvalue weighted by molar-refractivity contribution is 6.35. The van der Waals surface area contributed by atoms with Crippen molar-refractivity contribution in [2.75, 3.05) is 0 Å². The van der Waals surface area contributed by atoms with E-state index in [2.05, 4.69) is 177 Å². The first kappa shape index (κ1) is 29.8. The van der Waals surface area contributed by atoms with E-state index in [9.17, 15) is 0 Å². The number of hydrogen-bond donors (Lipinski definition) is 0. The second-order valence-corrected chi connectivity index (χ2v) is 13.2. The molecule has 236 valence electrons. The molecule has 0 N–H and O–H groups in total. The van der Waals surface area contributed by atoms with Gasteiger partial charge >= 0.3 is 0 Å². The monoisotopic (exact) mass is 637 g/mol. The van der Waals surface area contributed by atoms with Gasteiger partial charge in [0, 0.05) is 11.1 Å². The number of fused-ring (bicyclic) bond motifs is 7. The van der Waals surface area contributed by atoms with Crippen LogP contribution in [0.2, 0.25) is 0 Å². The standard InChI is InChI=1S/C49H35N/c1-33-47(43-21-11-14-24-46(43)49(33)44-22-12-9-19-41(44)42-20-10-13-23-45(42)49)48(50-34(2)35-15-5-3-6-16-35)40-31-29-39(30-32-40)38-27-25-37(26-28-38)36-17-7-4-8-18-36/h3-32H,2H2,1H3. The molecule has 7 aromatic rings. The summed E-state index contributed by atoms with van der Waals surface area (Å²) in [6, 6.07) is 65.3. The quantitative estimate of drug-likeness (QED) is 0.161. The SMILES string of the molecule is C=C(N=C(C1=C(C)C2(c3ccccc31)c1ccccc1-c1ccccc12)c1ccc(-c2ccc(-c3ccccc3)cc2)cc1)c1ccccc1. The van der Waals surface area contributed by atoms with Gasteiger partial charge in [0.1, 0.15) is 0 Å². The van der Waals surface area contributed by atoms with Crippen molar-refractivity contribution in [3.63, 3.8) is 0 Å². The summed E-state index contributed by atoms with van der Waals surface area (Å²) < 4.78 is 0. The van der Waals surface area contributed by atoms with Crippen molar-refractivity contribution in [2.45, 2.75) is 12.3 Å². The van der Waals surface area contributed by atoms with Crippen LogP contribution in [0.4, 0.5) is 0 Å². The molecule has 1 spiro atoms. The van der Waals surface area contributed by atoms with E-state index in [-0.39, 0.29) is 0 Å². The number of aliphatic imine (C=N–C) groups is 1. The smallest absolute Gasteiger partial charge is 0.0787 e. The summed E-state index contributed by atoms with van der Waals surface area (Å²) in [5.74, 6) is 0. The van der Waals surface area contributed by atoms with Crippen LogP contribution in [0.25, 0.3) is 44.7 Å². The zero-order chi connectivity index (χ0) is 33.7. The number of hydrogen-bond acceptors (Lipinski definition) is 1. The van der Waals surface area contributed by atoms with E-state index in [0.717, 1.165) is 22.5 Å². The number of rotatable bonds is 6. The minimum atomic E-state index is -0.408. The van der Waals surface area contributed by atoms with E-state index in [1.54, 1.807) is 0 Å². The predicted octanol–water partition coefficient (Wildman–Crippen LogP) is 12.3. The lowest BCUT2D eigenvalue weighted by Gasteiger charge is -2.31. The molecule has 0 bridgehead atoms. The minimum absolute atomic E-state index is 0.408. The summed E-state index contributed by atoms with van der Waals surface area (Å²) in [5.41, 5.74) is 18.4. The van der Waals surface area contributed by atoms with Crippen molar-refractivity contribution in [3.8, 4) is 33.4 Å². The van der Waals surface area contributed by atoms with Gasteiger partial charge in [-0.3, -0.25) is 0 Å². The summed E-state index contributed by atoms with van der Waals surface area (Å²) in [6.07, 6.45) is 0. The highest BCUT2D eigenvalue weighted by Gasteiger charge is 2.51. The van der Waals surface area contributed by atoms with Gasteiger partial charge in [0.25, 0.3) is 0 Å². The Labute approximate surface area is 294 Å². The average molecular weight is 638 g/mol. The molecule has 0 aliphatic heterocycles. The Morgan fingerprint density at radius 1 is 0.420 bits per heavy atom. The average Bonchev–Trinajstić information content (AvgIpc) is 3.64. The summed E-state index contributed by atoms with van der Waals surface area (Å²) in [4.78, 5) is 5.43. The van der Waals surface area contributed by atoms with Crippen LogP contribution >= 0.6 is 0 Å². The Morgan fingerprint density at radius 3 is 1.36 bits per heavy atom. The fourth-order valence-electron chi connectivity index (χ4n) is 8.26. The molecule has 2 aliphatic rings. The van der Waals surface area contributed by atoms with E-state index in [1.165, 1.54) is 66.8 Å². The fourth-order valence-corrected chi connectivity index (χ4v) is 8.26. The highest BCUT2D eigenvalue weighted by atomic mass is 14.8. The lowest BCUT2D eigenvalue weighted by atomic mass is 9.70. The summed E-state index contributed by atoms with van der Waals surface area (Å²) in [6.45, 7) is 6.81. The normalized spacial score (nSPS) is 14.0. The van der Waals surface area contributed by atoms with Crippen molar-refractivity contribution in [3.05, 3.63) is 228 Å². The zero-order valence-electron chi connectivity index (χ0n) is 28.0. The van der Waals surface area contributed by atoms with E-state index in [0.29, 0.717) is 0 Å². The molecular formula is C49H35N. The predicted molar refractivity (Wildman–Crippen MR) is 210 cm³/mol. The van der Waals surface area contributed by atoms with Crippen molar-refractivity contribution in [1.29, 1.82) is 0 Å². The van der Waals surface area contributed by atoms with E-state index >= 15 is 0 Å². The lowest BCUT2D eigenvalue weighted by molar-refractivity contribution is 0.767. The molecule has 1 heteroatoms. The van der Waals surface area contributed by atoms with Crippen LogP contribution in [-0.4, -0.2) is 5.71 Å². The molecule has 0 saturated heterocycles. The third-order valence-electron chi connectivity index (χ3n) is 10.6. The number of benzene rings is 7. The molecule has 1 nitrogen and oxygen atoms in total. The summed E-state index contributed by atoms with van der Waals surface area (Å²) >= 11 is 0. The molecule has 9 rings (SSSR count). The molecule has 0 aromatic heterocycles. The van der Waals surface area contributed by atoms with Crippen LogP contribution in [0.3, 0.4) is 0 Å².